The Hall–Kier alpha value is -1.30. The van der Waals surface area contributed by atoms with Crippen molar-refractivity contribution < 1.29 is 19.7 Å². The summed E-state index contributed by atoms with van der Waals surface area (Å²) in [6.07, 6.45) is 6.07. The predicted octanol–water partition coefficient (Wildman–Crippen LogP) is 1.98. The first kappa shape index (κ1) is 15.6. The van der Waals surface area contributed by atoms with Crippen LogP contribution in [0, 0.1) is 5.92 Å². The van der Waals surface area contributed by atoms with Crippen LogP contribution in [0.1, 0.15) is 31.2 Å². The number of methoxy groups -OCH3 is 1. The van der Waals surface area contributed by atoms with Gasteiger partial charge in [0.15, 0.2) is 11.5 Å². The number of hydrogen-bond donors (Lipinski definition) is 0. The molecule has 3 heterocycles. The average Bonchev–Trinajstić information content (AvgIpc) is 3.01. The fraction of sp³-hybridized carbons (Fsp3) is 0.647. The van der Waals surface area contributed by atoms with Gasteiger partial charge in [-0.15, -0.1) is 0 Å². The topological polar surface area (TPSA) is 62.4 Å². The highest BCUT2D eigenvalue weighted by molar-refractivity contribution is 5.44. The van der Waals surface area contributed by atoms with Gasteiger partial charge >= 0.3 is 0 Å². The molecule has 0 atom stereocenters. The van der Waals surface area contributed by atoms with Crippen LogP contribution in [-0.4, -0.2) is 43.1 Å². The molecule has 0 unspecified atom stereocenters. The Morgan fingerprint density at radius 1 is 1.23 bits per heavy atom. The fourth-order valence-corrected chi connectivity index (χ4v) is 4.09. The molecule has 3 aliphatic heterocycles. The van der Waals surface area contributed by atoms with Crippen molar-refractivity contribution in [1.29, 1.82) is 0 Å². The summed E-state index contributed by atoms with van der Waals surface area (Å²) in [5.41, 5.74) is 1.32. The minimum atomic E-state index is 0. The zero-order valence-corrected chi connectivity index (χ0v) is 13.1. The SMILES string of the molecule is COC12CCC(CC1)CN2CCc1ccc2c(c1)OCO2.O. The molecular weight excluding hydrogens is 282 g/mol. The van der Waals surface area contributed by atoms with Crippen LogP contribution in [0.25, 0.3) is 0 Å². The number of hydrogen-bond acceptors (Lipinski definition) is 4. The molecule has 1 aromatic rings. The molecule has 22 heavy (non-hydrogen) atoms. The van der Waals surface area contributed by atoms with E-state index in [-0.39, 0.29) is 11.2 Å². The molecular formula is C17H25NO4. The van der Waals surface area contributed by atoms with Gasteiger partial charge in [-0.2, -0.15) is 0 Å². The molecule has 2 N–H and O–H groups in total. The third kappa shape index (κ3) is 2.57. The van der Waals surface area contributed by atoms with Crippen LogP contribution < -0.4 is 9.47 Å². The number of nitrogens with zero attached hydrogens (tertiary/aromatic N) is 1. The van der Waals surface area contributed by atoms with E-state index in [4.69, 9.17) is 14.2 Å². The van der Waals surface area contributed by atoms with Gasteiger partial charge in [0, 0.05) is 20.2 Å². The van der Waals surface area contributed by atoms with Gasteiger partial charge in [0.05, 0.1) is 0 Å². The van der Waals surface area contributed by atoms with E-state index >= 15 is 0 Å². The number of fused-ring (bicyclic) bond motifs is 4. The second-order valence-electron chi connectivity index (χ2n) is 6.48. The third-order valence-corrected chi connectivity index (χ3v) is 5.43. The minimum absolute atomic E-state index is 0. The summed E-state index contributed by atoms with van der Waals surface area (Å²) in [5, 5.41) is 0. The monoisotopic (exact) mass is 307 g/mol. The van der Waals surface area contributed by atoms with Crippen molar-refractivity contribution in [3.05, 3.63) is 23.8 Å². The quantitative estimate of drug-likeness (QED) is 0.853. The van der Waals surface area contributed by atoms with Gasteiger partial charge < -0.3 is 19.7 Å². The van der Waals surface area contributed by atoms with Crippen molar-refractivity contribution in [2.75, 3.05) is 27.0 Å². The third-order valence-electron chi connectivity index (χ3n) is 5.43. The Bertz CT molecular complexity index is 525. The second kappa shape index (κ2) is 6.07. The summed E-state index contributed by atoms with van der Waals surface area (Å²) >= 11 is 0. The molecule has 0 radical (unpaired) electrons. The van der Waals surface area contributed by atoms with Crippen molar-refractivity contribution in [2.45, 2.75) is 37.8 Å². The van der Waals surface area contributed by atoms with Gasteiger partial charge in [0.25, 0.3) is 0 Å². The summed E-state index contributed by atoms with van der Waals surface area (Å²) < 4.78 is 16.8. The lowest BCUT2D eigenvalue weighted by molar-refractivity contribution is -0.197. The minimum Gasteiger partial charge on any atom is -0.454 e. The van der Waals surface area contributed by atoms with Crippen LogP contribution in [0.5, 0.6) is 11.5 Å². The molecule has 4 aliphatic rings. The van der Waals surface area contributed by atoms with Crippen molar-refractivity contribution in [2.24, 2.45) is 5.92 Å². The molecule has 1 saturated carbocycles. The number of ether oxygens (including phenoxy) is 3. The molecule has 122 valence electrons. The lowest BCUT2D eigenvalue weighted by Crippen LogP contribution is -2.59. The van der Waals surface area contributed by atoms with E-state index in [1.165, 1.54) is 37.8 Å². The Kier molecular flexibility index (Phi) is 4.30. The number of piperidine rings is 2. The first-order valence-corrected chi connectivity index (χ1v) is 7.98. The van der Waals surface area contributed by atoms with Crippen LogP contribution in [0.4, 0.5) is 0 Å². The maximum atomic E-state index is 5.92. The Balaban J connectivity index is 0.00000144. The van der Waals surface area contributed by atoms with Crippen molar-refractivity contribution >= 4 is 0 Å². The van der Waals surface area contributed by atoms with E-state index in [9.17, 15) is 0 Å². The maximum Gasteiger partial charge on any atom is 0.231 e. The van der Waals surface area contributed by atoms with Gasteiger partial charge in [-0.1, -0.05) is 6.07 Å². The first-order chi connectivity index (χ1) is 10.3. The average molecular weight is 307 g/mol. The summed E-state index contributed by atoms with van der Waals surface area (Å²) in [5.74, 6) is 2.62. The molecule has 5 nitrogen and oxygen atoms in total. The second-order valence-corrected chi connectivity index (χ2v) is 6.48. The lowest BCUT2D eigenvalue weighted by Gasteiger charge is -2.53. The molecule has 3 fully saturated rings. The number of benzene rings is 1. The van der Waals surface area contributed by atoms with Crippen LogP contribution in [-0.2, 0) is 11.2 Å². The summed E-state index contributed by atoms with van der Waals surface area (Å²) in [7, 11) is 1.87. The molecule has 0 spiro atoms. The zero-order valence-electron chi connectivity index (χ0n) is 13.1. The molecule has 0 amide bonds. The molecule has 1 aliphatic carbocycles. The van der Waals surface area contributed by atoms with Gasteiger partial charge in [-0.05, 0) is 55.7 Å². The molecule has 5 heteroatoms. The Morgan fingerprint density at radius 2 is 2.00 bits per heavy atom. The van der Waals surface area contributed by atoms with Crippen LogP contribution in [0.3, 0.4) is 0 Å². The van der Waals surface area contributed by atoms with Gasteiger partial charge in [-0.25, -0.2) is 0 Å². The highest BCUT2D eigenvalue weighted by atomic mass is 16.7. The standard InChI is InChI=1S/C17H23NO3.H2O/c1-19-17-7-4-14(5-8-17)11-18(17)9-6-13-2-3-15-16(10-13)21-12-20-15;/h2-3,10,14H,4-9,11-12H2,1H3;1H2. The molecule has 2 saturated heterocycles. The predicted molar refractivity (Wildman–Crippen MR) is 83.2 cm³/mol. The van der Waals surface area contributed by atoms with Gasteiger partial charge in [0.2, 0.25) is 6.79 Å². The van der Waals surface area contributed by atoms with E-state index < -0.39 is 0 Å². The molecule has 0 aromatic heterocycles. The van der Waals surface area contributed by atoms with Gasteiger partial charge in [0.1, 0.15) is 5.72 Å². The van der Waals surface area contributed by atoms with Crippen LogP contribution >= 0.6 is 0 Å². The molecule has 2 bridgehead atoms. The van der Waals surface area contributed by atoms with Crippen molar-refractivity contribution in [1.82, 2.24) is 4.90 Å². The summed E-state index contributed by atoms with van der Waals surface area (Å²) in [6, 6.07) is 6.28. The number of rotatable bonds is 4. The first-order valence-electron chi connectivity index (χ1n) is 7.98. The normalized spacial score (nSPS) is 29.4. The molecule has 5 rings (SSSR count). The van der Waals surface area contributed by atoms with Crippen LogP contribution in [0.15, 0.2) is 18.2 Å². The summed E-state index contributed by atoms with van der Waals surface area (Å²) in [6.45, 7) is 2.60. The Morgan fingerprint density at radius 3 is 2.77 bits per heavy atom. The lowest BCUT2D eigenvalue weighted by atomic mass is 9.77. The highest BCUT2D eigenvalue weighted by Gasteiger charge is 2.46. The fourth-order valence-electron chi connectivity index (χ4n) is 4.09. The maximum absolute atomic E-state index is 5.92. The Labute approximate surface area is 131 Å². The van der Waals surface area contributed by atoms with E-state index in [2.05, 4.69) is 17.0 Å². The van der Waals surface area contributed by atoms with Crippen LogP contribution in [0.2, 0.25) is 0 Å². The highest BCUT2D eigenvalue weighted by Crippen LogP contribution is 2.43. The molecule has 1 aromatic carbocycles. The van der Waals surface area contributed by atoms with E-state index in [0.717, 1.165) is 30.4 Å². The largest absolute Gasteiger partial charge is 0.454 e. The summed E-state index contributed by atoms with van der Waals surface area (Å²) in [4.78, 5) is 2.56. The van der Waals surface area contributed by atoms with E-state index in [1.807, 2.05) is 13.2 Å². The zero-order chi connectivity index (χ0) is 14.3. The van der Waals surface area contributed by atoms with Crippen molar-refractivity contribution in [3.8, 4) is 11.5 Å². The van der Waals surface area contributed by atoms with E-state index in [1.54, 1.807) is 0 Å². The van der Waals surface area contributed by atoms with E-state index in [0.29, 0.717) is 6.79 Å². The van der Waals surface area contributed by atoms with Crippen molar-refractivity contribution in [3.63, 3.8) is 0 Å². The van der Waals surface area contributed by atoms with Gasteiger partial charge in [-0.3, -0.25) is 4.90 Å². The smallest absolute Gasteiger partial charge is 0.231 e.